The van der Waals surface area contributed by atoms with E-state index in [1.54, 1.807) is 0 Å². The van der Waals surface area contributed by atoms with Crippen molar-refractivity contribution in [3.63, 3.8) is 0 Å². The van der Waals surface area contributed by atoms with Gasteiger partial charge >= 0.3 is 0 Å². The molecule has 2 rings (SSSR count). The Bertz CT molecular complexity index is 414. The highest BCUT2D eigenvalue weighted by Gasteiger charge is 2.05. The smallest absolute Gasteiger partial charge is 0.0456 e. The molecule has 74 valence electrons. The molecule has 0 aliphatic carbocycles. The number of fused-ring (bicyclic) bond motifs is 1. The van der Waals surface area contributed by atoms with E-state index in [9.17, 15) is 0 Å². The first-order chi connectivity index (χ1) is 6.81. The van der Waals surface area contributed by atoms with E-state index in [0.29, 0.717) is 0 Å². The molecule has 0 bridgehead atoms. The maximum atomic E-state index is 3.32. The molecule has 0 spiro atoms. The van der Waals surface area contributed by atoms with E-state index < -0.39 is 0 Å². The van der Waals surface area contributed by atoms with Crippen molar-refractivity contribution in [1.82, 2.24) is 4.98 Å². The third-order valence-electron chi connectivity index (χ3n) is 2.94. The summed E-state index contributed by atoms with van der Waals surface area (Å²) in [6, 6.07) is 8.52. The lowest BCUT2D eigenvalue weighted by Crippen LogP contribution is -1.96. The molecular formula is C13H17N. The monoisotopic (exact) mass is 187 g/mol. The second-order valence-electron chi connectivity index (χ2n) is 4.08. The maximum absolute atomic E-state index is 3.32. The van der Waals surface area contributed by atoms with Gasteiger partial charge in [-0.3, -0.25) is 0 Å². The summed E-state index contributed by atoms with van der Waals surface area (Å²) in [5, 5.41) is 1.38. The van der Waals surface area contributed by atoms with Crippen LogP contribution in [0.1, 0.15) is 25.8 Å². The standard InChI is InChI=1S/C13H17N/c1-3-10(2)8-11-9-14-13-7-5-4-6-12(11)13/h4-7,9-10,14H,3,8H2,1-2H3. The van der Waals surface area contributed by atoms with Gasteiger partial charge in [0.1, 0.15) is 0 Å². The van der Waals surface area contributed by atoms with E-state index >= 15 is 0 Å². The van der Waals surface area contributed by atoms with Crippen molar-refractivity contribution in [1.29, 1.82) is 0 Å². The van der Waals surface area contributed by atoms with Crippen LogP contribution in [0, 0.1) is 5.92 Å². The Morgan fingerprint density at radius 2 is 2.07 bits per heavy atom. The summed E-state index contributed by atoms with van der Waals surface area (Å²) >= 11 is 0. The van der Waals surface area contributed by atoms with Gasteiger partial charge in [0.05, 0.1) is 0 Å². The van der Waals surface area contributed by atoms with Gasteiger partial charge < -0.3 is 4.98 Å². The van der Waals surface area contributed by atoms with E-state index in [0.717, 1.165) is 5.92 Å². The normalized spacial score (nSPS) is 13.3. The first-order valence-corrected chi connectivity index (χ1v) is 5.36. The van der Waals surface area contributed by atoms with Crippen molar-refractivity contribution in [3.8, 4) is 0 Å². The highest BCUT2D eigenvalue weighted by atomic mass is 14.7. The lowest BCUT2D eigenvalue weighted by atomic mass is 9.99. The zero-order chi connectivity index (χ0) is 9.97. The van der Waals surface area contributed by atoms with E-state index in [1.165, 1.54) is 29.3 Å². The highest BCUT2D eigenvalue weighted by Crippen LogP contribution is 2.21. The van der Waals surface area contributed by atoms with Gasteiger partial charge in [-0.25, -0.2) is 0 Å². The Morgan fingerprint density at radius 1 is 1.29 bits per heavy atom. The molecule has 14 heavy (non-hydrogen) atoms. The second kappa shape index (κ2) is 3.87. The fourth-order valence-electron chi connectivity index (χ4n) is 1.82. The molecule has 0 saturated heterocycles. The van der Waals surface area contributed by atoms with Crippen molar-refractivity contribution >= 4 is 10.9 Å². The van der Waals surface area contributed by atoms with Crippen LogP contribution in [0.2, 0.25) is 0 Å². The Balaban J connectivity index is 2.33. The van der Waals surface area contributed by atoms with Gasteiger partial charge in [-0.15, -0.1) is 0 Å². The van der Waals surface area contributed by atoms with Gasteiger partial charge in [0, 0.05) is 17.1 Å². The van der Waals surface area contributed by atoms with Gasteiger partial charge in [0.25, 0.3) is 0 Å². The van der Waals surface area contributed by atoms with Crippen molar-refractivity contribution in [2.24, 2.45) is 5.92 Å². The molecular weight excluding hydrogens is 170 g/mol. The molecule has 1 nitrogen and oxygen atoms in total. The minimum Gasteiger partial charge on any atom is -0.361 e. The largest absolute Gasteiger partial charge is 0.361 e. The Labute approximate surface area is 85.1 Å². The molecule has 0 fully saturated rings. The summed E-state index contributed by atoms with van der Waals surface area (Å²) in [7, 11) is 0. The van der Waals surface area contributed by atoms with Crippen LogP contribution in [-0.2, 0) is 6.42 Å². The number of hydrogen-bond acceptors (Lipinski definition) is 0. The molecule has 0 aliphatic heterocycles. The zero-order valence-corrected chi connectivity index (χ0v) is 8.88. The lowest BCUT2D eigenvalue weighted by Gasteiger charge is -2.06. The Hall–Kier alpha value is -1.24. The molecule has 0 radical (unpaired) electrons. The van der Waals surface area contributed by atoms with Gasteiger partial charge in [0.15, 0.2) is 0 Å². The summed E-state index contributed by atoms with van der Waals surface area (Å²) in [6.07, 6.45) is 4.58. The number of rotatable bonds is 3. The maximum Gasteiger partial charge on any atom is 0.0456 e. The van der Waals surface area contributed by atoms with Crippen molar-refractivity contribution in [3.05, 3.63) is 36.0 Å². The van der Waals surface area contributed by atoms with Gasteiger partial charge in [-0.2, -0.15) is 0 Å². The van der Waals surface area contributed by atoms with Crippen molar-refractivity contribution < 1.29 is 0 Å². The van der Waals surface area contributed by atoms with Crippen LogP contribution < -0.4 is 0 Å². The van der Waals surface area contributed by atoms with Crippen LogP contribution in [0.15, 0.2) is 30.5 Å². The van der Waals surface area contributed by atoms with E-state index in [1.807, 2.05) is 0 Å². The average molecular weight is 187 g/mol. The van der Waals surface area contributed by atoms with Crippen molar-refractivity contribution in [2.45, 2.75) is 26.7 Å². The van der Waals surface area contributed by atoms with Crippen LogP contribution in [0.25, 0.3) is 10.9 Å². The molecule has 1 aromatic carbocycles. The van der Waals surface area contributed by atoms with Crippen LogP contribution in [0.4, 0.5) is 0 Å². The molecule has 1 aromatic heterocycles. The number of aromatic amines is 1. The van der Waals surface area contributed by atoms with E-state index in [4.69, 9.17) is 0 Å². The molecule has 0 amide bonds. The van der Waals surface area contributed by atoms with Crippen LogP contribution >= 0.6 is 0 Å². The number of para-hydroxylation sites is 1. The minimum atomic E-state index is 0.772. The topological polar surface area (TPSA) is 15.8 Å². The third-order valence-corrected chi connectivity index (χ3v) is 2.94. The molecule has 1 N–H and O–H groups in total. The number of hydrogen-bond donors (Lipinski definition) is 1. The minimum absolute atomic E-state index is 0.772. The first kappa shape index (κ1) is 9.32. The first-order valence-electron chi connectivity index (χ1n) is 5.36. The van der Waals surface area contributed by atoms with E-state index in [2.05, 4.69) is 49.3 Å². The zero-order valence-electron chi connectivity index (χ0n) is 8.88. The molecule has 1 heteroatoms. The molecule has 1 atom stereocenters. The SMILES string of the molecule is CCC(C)Cc1c[nH]c2ccccc12. The molecule has 0 saturated carbocycles. The summed E-state index contributed by atoms with van der Waals surface area (Å²) < 4.78 is 0. The third kappa shape index (κ3) is 1.67. The summed E-state index contributed by atoms with van der Waals surface area (Å²) in [5.74, 6) is 0.772. The molecule has 1 unspecified atom stereocenters. The summed E-state index contributed by atoms with van der Waals surface area (Å²) in [6.45, 7) is 4.56. The Kier molecular flexibility index (Phi) is 2.58. The summed E-state index contributed by atoms with van der Waals surface area (Å²) in [5.41, 5.74) is 2.71. The number of H-pyrrole nitrogens is 1. The fraction of sp³-hybridized carbons (Fsp3) is 0.385. The molecule has 1 heterocycles. The number of benzene rings is 1. The highest BCUT2D eigenvalue weighted by molar-refractivity contribution is 5.83. The van der Waals surface area contributed by atoms with Crippen LogP contribution in [-0.4, -0.2) is 4.98 Å². The Morgan fingerprint density at radius 3 is 2.86 bits per heavy atom. The van der Waals surface area contributed by atoms with Gasteiger partial charge in [-0.05, 0) is 24.0 Å². The van der Waals surface area contributed by atoms with Gasteiger partial charge in [-0.1, -0.05) is 38.5 Å². The number of nitrogens with one attached hydrogen (secondary N) is 1. The van der Waals surface area contributed by atoms with Crippen LogP contribution in [0.3, 0.4) is 0 Å². The molecule has 2 aromatic rings. The number of aromatic nitrogens is 1. The van der Waals surface area contributed by atoms with E-state index in [-0.39, 0.29) is 0 Å². The van der Waals surface area contributed by atoms with Gasteiger partial charge in [0.2, 0.25) is 0 Å². The lowest BCUT2D eigenvalue weighted by molar-refractivity contribution is 0.562. The fourth-order valence-corrected chi connectivity index (χ4v) is 1.82. The predicted octanol–water partition coefficient (Wildman–Crippen LogP) is 3.76. The molecule has 0 aliphatic rings. The van der Waals surface area contributed by atoms with Crippen LogP contribution in [0.5, 0.6) is 0 Å². The van der Waals surface area contributed by atoms with Crippen molar-refractivity contribution in [2.75, 3.05) is 0 Å². The predicted molar refractivity (Wildman–Crippen MR) is 61.5 cm³/mol. The quantitative estimate of drug-likeness (QED) is 0.753. The average Bonchev–Trinajstić information content (AvgIpc) is 2.62. The summed E-state index contributed by atoms with van der Waals surface area (Å²) in [4.78, 5) is 3.32. The second-order valence-corrected chi connectivity index (χ2v) is 4.08.